The first kappa shape index (κ1) is 22.5. The van der Waals surface area contributed by atoms with Crippen LogP contribution in [0.3, 0.4) is 0 Å². The third-order valence-electron chi connectivity index (χ3n) is 5.53. The van der Waals surface area contributed by atoms with Gasteiger partial charge in [0.25, 0.3) is 0 Å². The van der Waals surface area contributed by atoms with Gasteiger partial charge in [0.2, 0.25) is 17.7 Å². The van der Waals surface area contributed by atoms with Crippen molar-refractivity contribution in [3.8, 4) is 0 Å². The molecular formula is C25H31N3O3. The topological polar surface area (TPSA) is 69.7 Å². The normalized spacial score (nSPS) is 15.4. The molecule has 0 aromatic heterocycles. The molecule has 1 unspecified atom stereocenters. The van der Waals surface area contributed by atoms with Crippen LogP contribution in [0.5, 0.6) is 0 Å². The fraction of sp³-hybridized carbons (Fsp3) is 0.400. The lowest BCUT2D eigenvalue weighted by molar-refractivity contribution is -0.140. The molecule has 2 aromatic rings. The minimum absolute atomic E-state index is 0.00204. The van der Waals surface area contributed by atoms with Gasteiger partial charge in [-0.3, -0.25) is 14.4 Å². The van der Waals surface area contributed by atoms with E-state index in [0.717, 1.165) is 16.7 Å². The van der Waals surface area contributed by atoms with Crippen LogP contribution in [0.4, 0.5) is 5.69 Å². The SMILES string of the molecule is CC(C)CC(=O)N1Cc2ccccc2CC1C(=O)Nc1ccc(CC(=O)N(C)C)cc1. The number of anilines is 1. The van der Waals surface area contributed by atoms with Gasteiger partial charge in [-0.1, -0.05) is 50.2 Å². The molecule has 1 heterocycles. The predicted octanol–water partition coefficient (Wildman–Crippen LogP) is 3.26. The van der Waals surface area contributed by atoms with E-state index in [1.165, 1.54) is 0 Å². The van der Waals surface area contributed by atoms with E-state index in [1.54, 1.807) is 36.0 Å². The summed E-state index contributed by atoms with van der Waals surface area (Å²) in [5.41, 5.74) is 3.74. The van der Waals surface area contributed by atoms with Crippen LogP contribution in [0.1, 0.15) is 37.0 Å². The van der Waals surface area contributed by atoms with E-state index in [9.17, 15) is 14.4 Å². The Hall–Kier alpha value is -3.15. The van der Waals surface area contributed by atoms with Crippen LogP contribution in [0.2, 0.25) is 0 Å². The highest BCUT2D eigenvalue weighted by molar-refractivity contribution is 5.97. The number of likely N-dealkylation sites (N-methyl/N-ethyl adjacent to an activating group) is 1. The first-order valence-electron chi connectivity index (χ1n) is 10.7. The van der Waals surface area contributed by atoms with Gasteiger partial charge < -0.3 is 15.1 Å². The van der Waals surface area contributed by atoms with Crippen molar-refractivity contribution >= 4 is 23.4 Å². The second-order valence-electron chi connectivity index (χ2n) is 8.76. The second-order valence-corrected chi connectivity index (χ2v) is 8.76. The summed E-state index contributed by atoms with van der Waals surface area (Å²) in [5.74, 6) is 0.0636. The summed E-state index contributed by atoms with van der Waals surface area (Å²) < 4.78 is 0. The Balaban J connectivity index is 1.74. The molecule has 164 valence electrons. The maximum absolute atomic E-state index is 13.2. The molecule has 3 rings (SSSR count). The van der Waals surface area contributed by atoms with Crippen LogP contribution in [0.15, 0.2) is 48.5 Å². The molecule has 0 radical (unpaired) electrons. The quantitative estimate of drug-likeness (QED) is 0.778. The Morgan fingerprint density at radius 3 is 2.29 bits per heavy atom. The summed E-state index contributed by atoms with van der Waals surface area (Å²) >= 11 is 0. The Morgan fingerprint density at radius 1 is 1.03 bits per heavy atom. The number of fused-ring (bicyclic) bond motifs is 1. The van der Waals surface area contributed by atoms with E-state index in [0.29, 0.717) is 31.5 Å². The van der Waals surface area contributed by atoms with Crippen molar-refractivity contribution in [3.63, 3.8) is 0 Å². The Labute approximate surface area is 184 Å². The Bertz CT molecular complexity index is 951. The molecule has 1 N–H and O–H groups in total. The van der Waals surface area contributed by atoms with Crippen molar-refractivity contribution in [2.24, 2.45) is 5.92 Å². The molecule has 6 heteroatoms. The fourth-order valence-corrected chi connectivity index (χ4v) is 3.75. The highest BCUT2D eigenvalue weighted by Crippen LogP contribution is 2.26. The lowest BCUT2D eigenvalue weighted by Gasteiger charge is -2.36. The van der Waals surface area contributed by atoms with E-state index >= 15 is 0 Å². The number of hydrogen-bond acceptors (Lipinski definition) is 3. The van der Waals surface area contributed by atoms with Crippen LogP contribution in [-0.2, 0) is 33.8 Å². The van der Waals surface area contributed by atoms with E-state index in [4.69, 9.17) is 0 Å². The van der Waals surface area contributed by atoms with Crippen molar-refractivity contribution in [2.45, 2.75) is 45.7 Å². The average molecular weight is 422 g/mol. The standard InChI is InChI=1S/C25H31N3O3/c1-17(2)13-24(30)28-16-20-8-6-5-7-19(20)15-22(28)25(31)26-21-11-9-18(10-12-21)14-23(29)27(3)4/h5-12,17,22H,13-16H2,1-4H3,(H,26,31). The molecule has 6 nitrogen and oxygen atoms in total. The predicted molar refractivity (Wildman–Crippen MR) is 121 cm³/mol. The van der Waals surface area contributed by atoms with E-state index in [1.807, 2.05) is 50.2 Å². The third kappa shape index (κ3) is 5.72. The van der Waals surface area contributed by atoms with Gasteiger partial charge in [0.05, 0.1) is 6.42 Å². The van der Waals surface area contributed by atoms with E-state index < -0.39 is 6.04 Å². The number of hydrogen-bond donors (Lipinski definition) is 1. The largest absolute Gasteiger partial charge is 0.349 e. The maximum atomic E-state index is 13.2. The fourth-order valence-electron chi connectivity index (χ4n) is 3.75. The smallest absolute Gasteiger partial charge is 0.247 e. The minimum Gasteiger partial charge on any atom is -0.349 e. The molecule has 1 aliphatic heterocycles. The monoisotopic (exact) mass is 421 g/mol. The molecule has 31 heavy (non-hydrogen) atoms. The van der Waals surface area contributed by atoms with Gasteiger partial charge in [0, 0.05) is 39.2 Å². The lowest BCUT2D eigenvalue weighted by Crippen LogP contribution is -2.50. The van der Waals surface area contributed by atoms with Crippen LogP contribution >= 0.6 is 0 Å². The zero-order valence-electron chi connectivity index (χ0n) is 18.7. The minimum atomic E-state index is -0.545. The van der Waals surface area contributed by atoms with Crippen LogP contribution in [0, 0.1) is 5.92 Å². The molecule has 1 aliphatic rings. The molecule has 1 atom stereocenters. The van der Waals surface area contributed by atoms with Gasteiger partial charge in [-0.05, 0) is 34.7 Å². The van der Waals surface area contributed by atoms with Gasteiger partial charge >= 0.3 is 0 Å². The van der Waals surface area contributed by atoms with Crippen molar-refractivity contribution in [2.75, 3.05) is 19.4 Å². The van der Waals surface area contributed by atoms with Crippen molar-refractivity contribution < 1.29 is 14.4 Å². The molecular weight excluding hydrogens is 390 g/mol. The summed E-state index contributed by atoms with van der Waals surface area (Å²) in [4.78, 5) is 41.2. The summed E-state index contributed by atoms with van der Waals surface area (Å²) in [5, 5.41) is 2.96. The molecule has 0 saturated carbocycles. The number of nitrogens with one attached hydrogen (secondary N) is 1. The average Bonchev–Trinajstić information content (AvgIpc) is 2.73. The first-order valence-corrected chi connectivity index (χ1v) is 10.7. The molecule has 0 bridgehead atoms. The number of amides is 3. The number of nitrogens with zero attached hydrogens (tertiary/aromatic N) is 2. The van der Waals surface area contributed by atoms with E-state index in [-0.39, 0.29) is 23.6 Å². The zero-order valence-corrected chi connectivity index (χ0v) is 18.7. The summed E-state index contributed by atoms with van der Waals surface area (Å²) in [6.45, 7) is 4.46. The van der Waals surface area contributed by atoms with Gasteiger partial charge in [0.1, 0.15) is 6.04 Å². The van der Waals surface area contributed by atoms with Crippen LogP contribution in [-0.4, -0.2) is 47.7 Å². The van der Waals surface area contributed by atoms with Gasteiger partial charge in [0.15, 0.2) is 0 Å². The number of carbonyl (C=O) groups excluding carboxylic acids is 3. The van der Waals surface area contributed by atoms with Gasteiger partial charge in [-0.15, -0.1) is 0 Å². The molecule has 0 aliphatic carbocycles. The third-order valence-corrected chi connectivity index (χ3v) is 5.53. The molecule has 3 amide bonds. The van der Waals surface area contributed by atoms with Gasteiger partial charge in [-0.25, -0.2) is 0 Å². The summed E-state index contributed by atoms with van der Waals surface area (Å²) in [7, 11) is 3.46. The summed E-state index contributed by atoms with van der Waals surface area (Å²) in [6.07, 6.45) is 1.24. The lowest BCUT2D eigenvalue weighted by atomic mass is 9.92. The number of rotatable bonds is 6. The second kappa shape index (κ2) is 9.77. The molecule has 0 saturated heterocycles. The number of benzene rings is 2. The molecule has 0 fully saturated rings. The first-order chi connectivity index (χ1) is 14.7. The molecule has 2 aromatic carbocycles. The highest BCUT2D eigenvalue weighted by Gasteiger charge is 2.34. The molecule has 0 spiro atoms. The Kier molecular flexibility index (Phi) is 7.10. The van der Waals surface area contributed by atoms with Crippen LogP contribution in [0.25, 0.3) is 0 Å². The van der Waals surface area contributed by atoms with E-state index in [2.05, 4.69) is 5.32 Å². The van der Waals surface area contributed by atoms with Crippen molar-refractivity contribution in [1.82, 2.24) is 9.80 Å². The van der Waals surface area contributed by atoms with Crippen molar-refractivity contribution in [1.29, 1.82) is 0 Å². The van der Waals surface area contributed by atoms with Crippen molar-refractivity contribution in [3.05, 3.63) is 65.2 Å². The van der Waals surface area contributed by atoms with Crippen LogP contribution < -0.4 is 5.32 Å². The zero-order chi connectivity index (χ0) is 22.5. The number of carbonyl (C=O) groups is 3. The van der Waals surface area contributed by atoms with Gasteiger partial charge in [-0.2, -0.15) is 0 Å². The maximum Gasteiger partial charge on any atom is 0.247 e. The highest BCUT2D eigenvalue weighted by atomic mass is 16.2. The Morgan fingerprint density at radius 2 is 1.68 bits per heavy atom. The summed E-state index contributed by atoms with van der Waals surface area (Å²) in [6, 6.07) is 14.7.